The molecule has 31 heavy (non-hydrogen) atoms. The number of pyridine rings is 1. The molecule has 0 unspecified atom stereocenters. The van der Waals surface area contributed by atoms with Crippen LogP contribution in [0.15, 0.2) is 63.8 Å². The van der Waals surface area contributed by atoms with Crippen molar-refractivity contribution >= 4 is 18.1 Å². The number of hydrogen-bond acceptors (Lipinski definition) is 6. The van der Waals surface area contributed by atoms with E-state index in [-0.39, 0.29) is 31.2 Å². The van der Waals surface area contributed by atoms with E-state index in [1.807, 2.05) is 36.4 Å². The number of aromatic nitrogens is 5. The van der Waals surface area contributed by atoms with Crippen molar-refractivity contribution in [3.05, 3.63) is 70.9 Å². The van der Waals surface area contributed by atoms with Crippen molar-refractivity contribution in [1.29, 1.82) is 0 Å². The van der Waals surface area contributed by atoms with E-state index in [1.165, 1.54) is 9.08 Å². The van der Waals surface area contributed by atoms with E-state index in [0.717, 1.165) is 29.5 Å². The molecule has 1 saturated carbocycles. The highest BCUT2D eigenvalue weighted by atomic mass is 35.5. The molecule has 1 aromatic carbocycles. The first-order valence-corrected chi connectivity index (χ1v) is 9.68. The Morgan fingerprint density at radius 2 is 2.00 bits per heavy atom. The summed E-state index contributed by atoms with van der Waals surface area (Å²) in [5.41, 5.74) is 8.56. The Morgan fingerprint density at radius 3 is 2.74 bits per heavy atom. The minimum atomic E-state index is -0.350. The average molecular weight is 443 g/mol. The molecule has 10 heteroatoms. The number of halogens is 2. The Hall–Kier alpha value is -3.30. The zero-order valence-corrected chi connectivity index (χ0v) is 17.3. The highest BCUT2D eigenvalue weighted by molar-refractivity contribution is 5.85. The van der Waals surface area contributed by atoms with Gasteiger partial charge in [0.05, 0.1) is 12.9 Å². The zero-order chi connectivity index (χ0) is 20.7. The summed E-state index contributed by atoms with van der Waals surface area (Å²) in [6.45, 7) is 0.0346. The van der Waals surface area contributed by atoms with E-state index in [4.69, 9.17) is 10.3 Å². The summed E-state index contributed by atoms with van der Waals surface area (Å²) in [6.07, 6.45) is 4.27. The Morgan fingerprint density at radius 1 is 1.23 bits per heavy atom. The summed E-state index contributed by atoms with van der Waals surface area (Å²) < 4.78 is 20.8. The maximum Gasteiger partial charge on any atom is 0.350 e. The zero-order valence-electron chi connectivity index (χ0n) is 16.4. The van der Waals surface area contributed by atoms with Crippen LogP contribution in [0.1, 0.15) is 24.7 Å². The van der Waals surface area contributed by atoms with Crippen molar-refractivity contribution in [2.75, 3.05) is 6.54 Å². The van der Waals surface area contributed by atoms with E-state index in [9.17, 15) is 9.18 Å². The molecule has 1 aliphatic rings. The highest BCUT2D eigenvalue weighted by Gasteiger charge is 2.29. The van der Waals surface area contributed by atoms with Gasteiger partial charge in [-0.25, -0.2) is 13.9 Å². The quantitative estimate of drug-likeness (QED) is 0.491. The summed E-state index contributed by atoms with van der Waals surface area (Å²) in [7, 11) is 0. The Balaban J connectivity index is 0.00000231. The molecule has 0 radical (unpaired) electrons. The molecular formula is C21H20ClFN6O2. The van der Waals surface area contributed by atoms with Crippen molar-refractivity contribution in [3.8, 4) is 22.5 Å². The number of rotatable bonds is 6. The molecule has 4 aromatic rings. The lowest BCUT2D eigenvalue weighted by Gasteiger charge is -2.03. The van der Waals surface area contributed by atoms with Crippen LogP contribution in [0.2, 0.25) is 0 Å². The van der Waals surface area contributed by atoms with Crippen molar-refractivity contribution < 1.29 is 8.91 Å². The normalized spacial score (nSPS) is 14.1. The molecule has 8 nitrogen and oxygen atoms in total. The molecule has 160 valence electrons. The molecule has 0 bridgehead atoms. The summed E-state index contributed by atoms with van der Waals surface area (Å²) in [6, 6.07) is 11.4. The maximum atomic E-state index is 12.8. The van der Waals surface area contributed by atoms with Crippen LogP contribution >= 0.6 is 12.4 Å². The lowest BCUT2D eigenvalue weighted by atomic mass is 10.0. The minimum Gasteiger partial charge on any atom is -0.339 e. The predicted octanol–water partition coefficient (Wildman–Crippen LogP) is 3.32. The third-order valence-electron chi connectivity index (χ3n) is 5.18. The van der Waals surface area contributed by atoms with Gasteiger partial charge in [0.1, 0.15) is 0 Å². The second kappa shape index (κ2) is 8.44. The molecule has 3 aromatic heterocycles. The molecule has 1 aliphatic carbocycles. The van der Waals surface area contributed by atoms with Crippen LogP contribution in [0.3, 0.4) is 0 Å². The minimum absolute atomic E-state index is 0. The van der Waals surface area contributed by atoms with Crippen molar-refractivity contribution in [2.45, 2.75) is 25.3 Å². The van der Waals surface area contributed by atoms with Crippen LogP contribution in [-0.2, 0) is 6.54 Å². The Bertz CT molecular complexity index is 1320. The molecule has 0 amide bonds. The Kier molecular flexibility index (Phi) is 5.71. The first kappa shape index (κ1) is 21.0. The van der Waals surface area contributed by atoms with E-state index in [0.29, 0.717) is 35.2 Å². The van der Waals surface area contributed by atoms with Crippen LogP contribution in [-0.4, -0.2) is 30.9 Å². The fourth-order valence-corrected chi connectivity index (χ4v) is 3.32. The molecule has 5 rings (SSSR count). The lowest BCUT2D eigenvalue weighted by molar-refractivity contribution is 0.380. The van der Waals surface area contributed by atoms with Crippen molar-refractivity contribution in [2.24, 2.45) is 5.73 Å². The van der Waals surface area contributed by atoms with E-state index < -0.39 is 0 Å². The van der Waals surface area contributed by atoms with E-state index in [1.54, 1.807) is 6.20 Å². The third kappa shape index (κ3) is 4.01. The largest absolute Gasteiger partial charge is 0.350 e. The van der Waals surface area contributed by atoms with Gasteiger partial charge in [-0.1, -0.05) is 23.4 Å². The van der Waals surface area contributed by atoms with Gasteiger partial charge in [0.2, 0.25) is 11.7 Å². The molecule has 0 saturated heterocycles. The van der Waals surface area contributed by atoms with Crippen LogP contribution in [0.4, 0.5) is 4.39 Å². The van der Waals surface area contributed by atoms with E-state index in [2.05, 4.69) is 15.2 Å². The smallest absolute Gasteiger partial charge is 0.339 e. The molecule has 2 N–H and O–H groups in total. The number of benzene rings is 1. The van der Waals surface area contributed by atoms with Gasteiger partial charge in [0.15, 0.2) is 5.65 Å². The molecule has 0 spiro atoms. The maximum absolute atomic E-state index is 12.8. The summed E-state index contributed by atoms with van der Waals surface area (Å²) in [4.78, 5) is 17.0. The topological polar surface area (TPSA) is 104 Å². The van der Waals surface area contributed by atoms with Gasteiger partial charge in [0.25, 0.3) is 0 Å². The van der Waals surface area contributed by atoms with Gasteiger partial charge < -0.3 is 10.3 Å². The lowest BCUT2D eigenvalue weighted by Crippen LogP contribution is -2.23. The summed E-state index contributed by atoms with van der Waals surface area (Å²) in [5.74, 6) is 1.66. The molecule has 0 aliphatic heterocycles. The second-order valence-electron chi connectivity index (χ2n) is 7.37. The van der Waals surface area contributed by atoms with Gasteiger partial charge in [-0.2, -0.15) is 4.98 Å². The number of hydrogen-bond donors (Lipinski definition) is 1. The van der Waals surface area contributed by atoms with E-state index >= 15 is 0 Å². The Labute approximate surface area is 182 Å². The first-order chi connectivity index (χ1) is 14.7. The number of nitrogens with two attached hydrogens (primary N) is 1. The molecule has 0 atom stereocenters. The van der Waals surface area contributed by atoms with Crippen molar-refractivity contribution in [1.82, 2.24) is 24.3 Å². The number of nitrogens with zero attached hydrogens (tertiary/aromatic N) is 5. The molecule has 3 heterocycles. The van der Waals surface area contributed by atoms with Gasteiger partial charge in [-0.3, -0.25) is 4.40 Å². The van der Waals surface area contributed by atoms with Gasteiger partial charge >= 0.3 is 5.69 Å². The summed E-state index contributed by atoms with van der Waals surface area (Å²) in [5, 5.41) is 8.41. The number of fused-ring (bicyclic) bond motifs is 1. The van der Waals surface area contributed by atoms with Crippen LogP contribution in [0.5, 0.6) is 0 Å². The summed E-state index contributed by atoms with van der Waals surface area (Å²) >= 11 is 0. The van der Waals surface area contributed by atoms with Crippen LogP contribution in [0, 0.1) is 0 Å². The first-order valence-electron chi connectivity index (χ1n) is 9.68. The monoisotopic (exact) mass is 442 g/mol. The second-order valence-corrected chi connectivity index (χ2v) is 7.37. The molecular weight excluding hydrogens is 423 g/mol. The van der Waals surface area contributed by atoms with Gasteiger partial charge in [-0.05, 0) is 47.7 Å². The fourth-order valence-electron chi connectivity index (χ4n) is 3.32. The predicted molar refractivity (Wildman–Crippen MR) is 116 cm³/mol. The van der Waals surface area contributed by atoms with Gasteiger partial charge in [0, 0.05) is 24.2 Å². The highest BCUT2D eigenvalue weighted by Crippen LogP contribution is 2.39. The SMILES string of the molecule is Cl.NC/C(=C\F)Cn1nc2cc(-c3cccc(-c4noc(C5CC5)n4)c3)ccn2c1=O. The third-order valence-corrected chi connectivity index (χ3v) is 5.18. The van der Waals surface area contributed by atoms with Crippen LogP contribution < -0.4 is 11.4 Å². The average Bonchev–Trinajstić information content (AvgIpc) is 3.43. The van der Waals surface area contributed by atoms with Crippen LogP contribution in [0.25, 0.3) is 28.2 Å². The standard InChI is InChI=1S/C21H19FN6O2.ClH/c22-10-13(11-23)12-28-21(29)27-7-6-16(9-18(27)25-28)15-2-1-3-17(8-15)19-24-20(30-26-19)14-4-5-14;/h1-3,6-10,14H,4-5,11-12,23H2;1H/b13-10+;. The van der Waals surface area contributed by atoms with Crippen molar-refractivity contribution in [3.63, 3.8) is 0 Å². The van der Waals surface area contributed by atoms with Gasteiger partial charge in [-0.15, -0.1) is 17.5 Å². The fraction of sp³-hybridized carbons (Fsp3) is 0.238. The molecule has 1 fully saturated rings.